The van der Waals surface area contributed by atoms with Crippen molar-refractivity contribution in [1.29, 1.82) is 0 Å². The monoisotopic (exact) mass is 366 g/mol. The van der Waals surface area contributed by atoms with Crippen molar-refractivity contribution < 1.29 is 30.6 Å². The fraction of sp³-hybridized carbons (Fsp3) is 0.800. The zero-order valence-electron chi connectivity index (χ0n) is 15.7. The Labute approximate surface area is 153 Å². The zero-order valence-corrected chi connectivity index (χ0v) is 15.7. The molecule has 0 aromatic heterocycles. The zero-order chi connectivity index (χ0) is 19.4. The minimum absolute atomic E-state index is 0.0381. The minimum Gasteiger partial charge on any atom is -0.392 e. The smallest absolute Gasteiger partial charge is 0.107 e. The molecule has 0 aromatic carbocycles. The molecule has 6 heteroatoms. The quantitative estimate of drug-likeness (QED) is 0.355. The average molecular weight is 366 g/mol. The molecule has 9 unspecified atom stereocenters. The van der Waals surface area contributed by atoms with Gasteiger partial charge in [0.1, 0.15) is 17.3 Å². The van der Waals surface area contributed by atoms with Crippen LogP contribution >= 0.6 is 0 Å². The summed E-state index contributed by atoms with van der Waals surface area (Å²) in [7, 11) is 0. The molecule has 2 saturated carbocycles. The third-order valence-electron chi connectivity index (χ3n) is 8.25. The maximum absolute atomic E-state index is 11.9. The van der Waals surface area contributed by atoms with Crippen LogP contribution in [0, 0.1) is 29.1 Å². The lowest BCUT2D eigenvalue weighted by Gasteiger charge is -2.52. The molecule has 0 aromatic rings. The van der Waals surface area contributed by atoms with Crippen molar-refractivity contribution in [3.8, 4) is 0 Å². The third-order valence-corrected chi connectivity index (χ3v) is 8.25. The summed E-state index contributed by atoms with van der Waals surface area (Å²) >= 11 is 0. The van der Waals surface area contributed by atoms with Crippen molar-refractivity contribution >= 4 is 0 Å². The number of rotatable bonds is 1. The van der Waals surface area contributed by atoms with E-state index in [1.165, 1.54) is 0 Å². The molecule has 26 heavy (non-hydrogen) atoms. The van der Waals surface area contributed by atoms with Crippen molar-refractivity contribution in [2.75, 3.05) is 6.61 Å². The predicted octanol–water partition coefficient (Wildman–Crippen LogP) is -0.278. The Morgan fingerprint density at radius 2 is 1.73 bits per heavy atom. The first-order valence-corrected chi connectivity index (χ1v) is 9.40. The van der Waals surface area contributed by atoms with Crippen LogP contribution in [0.15, 0.2) is 23.3 Å². The number of aliphatic hydroxyl groups excluding tert-OH is 3. The van der Waals surface area contributed by atoms with E-state index >= 15 is 0 Å². The summed E-state index contributed by atoms with van der Waals surface area (Å²) in [6.07, 6.45) is 1.20. The second kappa shape index (κ2) is 4.99. The van der Waals surface area contributed by atoms with E-state index in [2.05, 4.69) is 0 Å². The van der Waals surface area contributed by atoms with Gasteiger partial charge in [-0.3, -0.25) is 0 Å². The molecule has 0 heterocycles. The van der Waals surface area contributed by atoms with Gasteiger partial charge in [0.05, 0.1) is 18.3 Å². The van der Waals surface area contributed by atoms with Crippen LogP contribution < -0.4 is 0 Å². The molecule has 0 amide bonds. The van der Waals surface area contributed by atoms with Gasteiger partial charge in [-0.1, -0.05) is 32.9 Å². The van der Waals surface area contributed by atoms with Gasteiger partial charge in [0.15, 0.2) is 0 Å². The molecule has 4 rings (SSSR count). The Morgan fingerprint density at radius 1 is 1.12 bits per heavy atom. The topological polar surface area (TPSA) is 121 Å². The number of hydrogen-bond acceptors (Lipinski definition) is 6. The van der Waals surface area contributed by atoms with Crippen LogP contribution in [0.1, 0.15) is 34.1 Å². The molecule has 2 fully saturated rings. The molecule has 0 spiro atoms. The van der Waals surface area contributed by atoms with Crippen molar-refractivity contribution in [2.45, 2.75) is 63.1 Å². The average Bonchev–Trinajstić information content (AvgIpc) is 2.97. The first-order valence-electron chi connectivity index (χ1n) is 9.40. The van der Waals surface area contributed by atoms with E-state index < -0.39 is 58.1 Å². The molecule has 146 valence electrons. The first kappa shape index (κ1) is 18.6. The highest BCUT2D eigenvalue weighted by atomic mass is 16.4. The van der Waals surface area contributed by atoms with E-state index in [0.717, 1.165) is 0 Å². The van der Waals surface area contributed by atoms with Gasteiger partial charge < -0.3 is 30.6 Å². The summed E-state index contributed by atoms with van der Waals surface area (Å²) in [4.78, 5) is 0. The van der Waals surface area contributed by atoms with Gasteiger partial charge >= 0.3 is 0 Å². The van der Waals surface area contributed by atoms with Crippen molar-refractivity contribution in [2.24, 2.45) is 29.1 Å². The maximum Gasteiger partial charge on any atom is 0.107 e. The number of hydrogen-bond donors (Lipinski definition) is 6. The molecule has 0 saturated heterocycles. The Hall–Kier alpha value is -0.760. The molecule has 4 aliphatic rings. The van der Waals surface area contributed by atoms with E-state index in [0.29, 0.717) is 11.1 Å². The SMILES string of the molecule is CC1=CC2C(O)(CC(CO)=CC3C4C(C)(C)C4(O)C(O)C(C)C32O)C1O. The van der Waals surface area contributed by atoms with Crippen molar-refractivity contribution in [1.82, 2.24) is 0 Å². The van der Waals surface area contributed by atoms with Crippen LogP contribution in [-0.4, -0.2) is 66.3 Å². The standard InChI is InChI=1S/C20H30O6/c1-9-5-13-18(24,15(9)22)7-11(8-21)6-12-14-17(3,4)20(14,26)16(23)10(2)19(12,13)25/h5-6,10,12-16,21-26H,7-8H2,1-4H3. The highest BCUT2D eigenvalue weighted by molar-refractivity contribution is 5.41. The van der Waals surface area contributed by atoms with Crippen LogP contribution in [0.3, 0.4) is 0 Å². The van der Waals surface area contributed by atoms with Crippen molar-refractivity contribution in [3.05, 3.63) is 23.3 Å². The van der Waals surface area contributed by atoms with Crippen LogP contribution in [0.4, 0.5) is 0 Å². The largest absolute Gasteiger partial charge is 0.392 e. The van der Waals surface area contributed by atoms with Crippen LogP contribution in [0.5, 0.6) is 0 Å². The van der Waals surface area contributed by atoms with E-state index in [4.69, 9.17) is 0 Å². The van der Waals surface area contributed by atoms with Crippen LogP contribution in [0.25, 0.3) is 0 Å². The van der Waals surface area contributed by atoms with E-state index in [-0.39, 0.29) is 13.0 Å². The fourth-order valence-corrected chi connectivity index (χ4v) is 6.62. The molecule has 6 nitrogen and oxygen atoms in total. The van der Waals surface area contributed by atoms with Gasteiger partial charge in [0.2, 0.25) is 0 Å². The Kier molecular flexibility index (Phi) is 3.57. The summed E-state index contributed by atoms with van der Waals surface area (Å²) in [6, 6.07) is 0. The van der Waals surface area contributed by atoms with Gasteiger partial charge in [0, 0.05) is 35.5 Å². The van der Waals surface area contributed by atoms with Gasteiger partial charge in [-0.25, -0.2) is 0 Å². The summed E-state index contributed by atoms with van der Waals surface area (Å²) in [5.74, 6) is -2.48. The molecule has 0 aliphatic heterocycles. The van der Waals surface area contributed by atoms with Gasteiger partial charge in [0.25, 0.3) is 0 Å². The summed E-state index contributed by atoms with van der Waals surface area (Å²) < 4.78 is 0. The molecule has 0 radical (unpaired) electrons. The summed E-state index contributed by atoms with van der Waals surface area (Å²) in [5, 5.41) is 65.8. The predicted molar refractivity (Wildman–Crippen MR) is 93.8 cm³/mol. The van der Waals surface area contributed by atoms with Crippen molar-refractivity contribution in [3.63, 3.8) is 0 Å². The van der Waals surface area contributed by atoms with E-state index in [1.54, 1.807) is 26.0 Å². The molecule has 0 bridgehead atoms. The lowest BCUT2D eigenvalue weighted by atomic mass is 9.59. The Balaban J connectivity index is 1.94. The van der Waals surface area contributed by atoms with Crippen LogP contribution in [-0.2, 0) is 0 Å². The van der Waals surface area contributed by atoms with E-state index in [9.17, 15) is 30.6 Å². The second-order valence-corrected chi connectivity index (χ2v) is 9.61. The number of fused-ring (bicyclic) bond motifs is 5. The highest BCUT2D eigenvalue weighted by Crippen LogP contribution is 2.75. The van der Waals surface area contributed by atoms with Gasteiger partial charge in [-0.15, -0.1) is 0 Å². The van der Waals surface area contributed by atoms with Gasteiger partial charge in [-0.2, -0.15) is 0 Å². The lowest BCUT2D eigenvalue weighted by molar-refractivity contribution is -0.219. The summed E-state index contributed by atoms with van der Waals surface area (Å²) in [6.45, 7) is 6.84. The first-order chi connectivity index (χ1) is 11.9. The number of aliphatic hydroxyl groups is 6. The highest BCUT2D eigenvalue weighted by Gasteiger charge is 2.84. The summed E-state index contributed by atoms with van der Waals surface area (Å²) in [5.41, 5.74) is -4.01. The minimum atomic E-state index is -1.65. The van der Waals surface area contributed by atoms with E-state index in [1.807, 2.05) is 13.8 Å². The lowest BCUT2D eigenvalue weighted by Crippen LogP contribution is -2.65. The molecule has 9 atom stereocenters. The molecule has 6 N–H and O–H groups in total. The molecule has 4 aliphatic carbocycles. The fourth-order valence-electron chi connectivity index (χ4n) is 6.62. The Morgan fingerprint density at radius 3 is 2.31 bits per heavy atom. The normalized spacial score (nSPS) is 57.3. The third kappa shape index (κ3) is 1.74. The second-order valence-electron chi connectivity index (χ2n) is 9.61. The maximum atomic E-state index is 11.9. The molecular formula is C20H30O6. The van der Waals surface area contributed by atoms with Crippen LogP contribution in [0.2, 0.25) is 0 Å². The molecular weight excluding hydrogens is 336 g/mol. The van der Waals surface area contributed by atoms with Gasteiger partial charge in [-0.05, 0) is 18.1 Å². The Bertz CT molecular complexity index is 713.